The van der Waals surface area contributed by atoms with Crippen LogP contribution in [-0.4, -0.2) is 51.1 Å². The quantitative estimate of drug-likeness (QED) is 0.443. The fourth-order valence-electron chi connectivity index (χ4n) is 5.69. The average Bonchev–Trinajstić information content (AvgIpc) is 2.70. The van der Waals surface area contributed by atoms with Crippen LogP contribution in [-0.2, 0) is 25.6 Å². The third-order valence-electron chi connectivity index (χ3n) is 7.22. The summed E-state index contributed by atoms with van der Waals surface area (Å²) in [5.41, 5.74) is 3.44. The van der Waals surface area contributed by atoms with E-state index >= 15 is 0 Å². The molecule has 9 heteroatoms. The molecule has 2 saturated carbocycles. The lowest BCUT2D eigenvalue weighted by atomic mass is 9.53. The van der Waals surface area contributed by atoms with Crippen LogP contribution in [0.1, 0.15) is 64.4 Å². The van der Waals surface area contributed by atoms with Crippen LogP contribution in [0.15, 0.2) is 6.07 Å². The van der Waals surface area contributed by atoms with Crippen LogP contribution in [0.3, 0.4) is 0 Å². The molecule has 32 heavy (non-hydrogen) atoms. The van der Waals surface area contributed by atoms with Crippen LogP contribution in [0.4, 0.5) is 0 Å². The van der Waals surface area contributed by atoms with Gasteiger partial charge in [-0.25, -0.2) is 0 Å². The first-order chi connectivity index (χ1) is 14.9. The highest BCUT2D eigenvalue weighted by atomic mass is 16.3. The summed E-state index contributed by atoms with van der Waals surface area (Å²) < 4.78 is 0. The molecule has 1 aromatic rings. The number of ketones is 4. The summed E-state index contributed by atoms with van der Waals surface area (Å²) in [4.78, 5) is 75.2. The zero-order valence-electron chi connectivity index (χ0n) is 17.6. The number of nitrogens with two attached hydrogens (primary N) is 1. The Kier molecular flexibility index (Phi) is 4.93. The van der Waals surface area contributed by atoms with Gasteiger partial charge in [-0.05, 0) is 41.9 Å². The molecule has 2 unspecified atom stereocenters. The van der Waals surface area contributed by atoms with Crippen LogP contribution in [0.5, 0.6) is 5.75 Å². The number of aliphatic hydroxyl groups is 1. The van der Waals surface area contributed by atoms with E-state index < -0.39 is 64.1 Å². The van der Waals surface area contributed by atoms with Crippen molar-refractivity contribution in [2.75, 3.05) is 0 Å². The molecule has 9 nitrogen and oxygen atoms in total. The van der Waals surface area contributed by atoms with Gasteiger partial charge in [-0.1, -0.05) is 13.8 Å². The zero-order chi connectivity index (χ0) is 23.7. The number of benzene rings is 1. The monoisotopic (exact) mass is 441 g/mol. The Morgan fingerprint density at radius 2 is 1.84 bits per heavy atom. The number of phenolic OH excluding ortho intramolecular Hbond substituents is 1. The van der Waals surface area contributed by atoms with E-state index in [1.807, 2.05) is 13.8 Å². The summed E-state index contributed by atoms with van der Waals surface area (Å²) in [5, 5.41) is 21.7. The Hall–Kier alpha value is -3.20. The highest BCUT2D eigenvalue weighted by molar-refractivity contribution is 6.31. The van der Waals surface area contributed by atoms with Gasteiger partial charge in [0.05, 0.1) is 17.0 Å². The number of rotatable bonds is 3. The highest BCUT2D eigenvalue weighted by Crippen LogP contribution is 2.51. The molecule has 5 atom stereocenters. The Balaban J connectivity index is 1.86. The number of phenols is 1. The Labute approximate surface area is 183 Å². The fraction of sp³-hybridized carbons (Fsp3) is 0.478. The Bertz CT molecular complexity index is 1120. The molecule has 0 heterocycles. The fourth-order valence-corrected chi connectivity index (χ4v) is 5.69. The van der Waals surface area contributed by atoms with Crippen LogP contribution in [0.2, 0.25) is 0 Å². The van der Waals surface area contributed by atoms with Gasteiger partial charge in [0.1, 0.15) is 5.75 Å². The normalized spacial score (nSPS) is 31.8. The summed E-state index contributed by atoms with van der Waals surface area (Å²) in [6.45, 7) is 3.73. The number of hydrogen-bond donors (Lipinski definition) is 3. The molecule has 0 bridgehead atoms. The number of amides is 1. The second-order valence-corrected chi connectivity index (χ2v) is 9.27. The van der Waals surface area contributed by atoms with Gasteiger partial charge in [0.2, 0.25) is 5.91 Å². The number of aldehydes is 1. The predicted molar refractivity (Wildman–Crippen MR) is 108 cm³/mol. The molecule has 4 N–H and O–H groups in total. The number of fused-ring (bicyclic) bond motifs is 3. The number of carbonyl (C=O) groups is 6. The molecule has 4 rings (SSSR count). The molecule has 0 radical (unpaired) electrons. The van der Waals surface area contributed by atoms with Crippen molar-refractivity contribution in [2.24, 2.45) is 29.4 Å². The summed E-state index contributed by atoms with van der Waals surface area (Å²) in [5.74, 6) is -10.8. The first kappa shape index (κ1) is 22.0. The van der Waals surface area contributed by atoms with E-state index in [1.54, 1.807) is 0 Å². The van der Waals surface area contributed by atoms with E-state index in [-0.39, 0.29) is 36.3 Å². The SMILES string of the molecule is CC(C)c1cc(C=O)c(O)c2c1C[C@H]1C[C@H]3CC(=O)C(C(N)=O)C(=O)[C@@]3(O)C(=O)C1C2=O. The van der Waals surface area contributed by atoms with Crippen LogP contribution >= 0.6 is 0 Å². The van der Waals surface area contributed by atoms with Crippen LogP contribution < -0.4 is 5.73 Å². The lowest BCUT2D eigenvalue weighted by Gasteiger charge is -2.48. The van der Waals surface area contributed by atoms with E-state index in [4.69, 9.17) is 5.73 Å². The first-order valence-corrected chi connectivity index (χ1v) is 10.5. The summed E-state index contributed by atoms with van der Waals surface area (Å²) >= 11 is 0. The Morgan fingerprint density at radius 1 is 1.19 bits per heavy atom. The molecule has 0 spiro atoms. The van der Waals surface area contributed by atoms with Gasteiger partial charge in [0, 0.05) is 12.3 Å². The lowest BCUT2D eigenvalue weighted by Crippen LogP contribution is -2.68. The van der Waals surface area contributed by atoms with Crippen molar-refractivity contribution < 1.29 is 39.0 Å². The maximum Gasteiger partial charge on any atom is 0.235 e. The molecular formula is C23H23NO8. The van der Waals surface area contributed by atoms with Crippen molar-refractivity contribution in [3.63, 3.8) is 0 Å². The third-order valence-corrected chi connectivity index (χ3v) is 7.22. The topological polar surface area (TPSA) is 169 Å². The molecule has 1 aromatic carbocycles. The van der Waals surface area contributed by atoms with Gasteiger partial charge in [-0.3, -0.25) is 28.8 Å². The largest absolute Gasteiger partial charge is 0.506 e. The molecule has 168 valence electrons. The molecule has 3 aliphatic carbocycles. The second-order valence-electron chi connectivity index (χ2n) is 9.27. The minimum Gasteiger partial charge on any atom is -0.506 e. The summed E-state index contributed by atoms with van der Waals surface area (Å²) in [6.07, 6.45) is 0.278. The number of hydrogen-bond acceptors (Lipinski definition) is 8. The first-order valence-electron chi connectivity index (χ1n) is 10.5. The highest BCUT2D eigenvalue weighted by Gasteiger charge is 2.66. The predicted octanol–water partition coefficient (Wildman–Crippen LogP) is 0.263. The number of carbonyl (C=O) groups excluding carboxylic acids is 6. The van der Waals surface area contributed by atoms with Gasteiger partial charge < -0.3 is 15.9 Å². The van der Waals surface area contributed by atoms with Gasteiger partial charge in [-0.2, -0.15) is 0 Å². The third kappa shape index (κ3) is 2.73. The van der Waals surface area contributed by atoms with E-state index in [2.05, 4.69) is 0 Å². The molecule has 0 aliphatic heterocycles. The minimum absolute atomic E-state index is 0.0365. The van der Waals surface area contributed by atoms with Crippen molar-refractivity contribution in [3.05, 3.63) is 28.3 Å². The summed E-state index contributed by atoms with van der Waals surface area (Å²) in [7, 11) is 0. The van der Waals surface area contributed by atoms with Gasteiger partial charge in [-0.15, -0.1) is 0 Å². The van der Waals surface area contributed by atoms with Crippen molar-refractivity contribution in [1.82, 2.24) is 0 Å². The molecule has 2 fully saturated rings. The van der Waals surface area contributed by atoms with Gasteiger partial charge in [0.15, 0.2) is 40.9 Å². The zero-order valence-corrected chi connectivity index (χ0v) is 17.6. The minimum atomic E-state index is -2.68. The summed E-state index contributed by atoms with van der Waals surface area (Å²) in [6, 6.07) is 1.52. The number of aromatic hydroxyl groups is 1. The van der Waals surface area contributed by atoms with Crippen LogP contribution in [0, 0.1) is 23.7 Å². The second kappa shape index (κ2) is 7.16. The van der Waals surface area contributed by atoms with Crippen molar-refractivity contribution >= 4 is 35.3 Å². The Morgan fingerprint density at radius 3 is 2.41 bits per heavy atom. The smallest absolute Gasteiger partial charge is 0.235 e. The van der Waals surface area contributed by atoms with Crippen molar-refractivity contribution in [1.29, 1.82) is 0 Å². The average molecular weight is 441 g/mol. The van der Waals surface area contributed by atoms with Gasteiger partial charge in [0.25, 0.3) is 0 Å². The lowest BCUT2D eigenvalue weighted by molar-refractivity contribution is -0.175. The van der Waals surface area contributed by atoms with Crippen molar-refractivity contribution in [2.45, 2.75) is 44.6 Å². The number of Topliss-reactive ketones (excluding diaryl/α,β-unsaturated/α-hetero) is 4. The molecule has 0 saturated heterocycles. The molecular weight excluding hydrogens is 418 g/mol. The van der Waals surface area contributed by atoms with E-state index in [0.717, 1.165) is 0 Å². The van der Waals surface area contributed by atoms with Crippen LogP contribution in [0.25, 0.3) is 0 Å². The van der Waals surface area contributed by atoms with Gasteiger partial charge >= 0.3 is 0 Å². The van der Waals surface area contributed by atoms with Crippen molar-refractivity contribution in [3.8, 4) is 5.75 Å². The van der Waals surface area contributed by atoms with E-state index in [1.165, 1.54) is 6.07 Å². The maximum atomic E-state index is 13.5. The molecule has 3 aliphatic rings. The maximum absolute atomic E-state index is 13.5. The number of primary amides is 1. The molecule has 1 amide bonds. The standard InChI is InChI=1S/C23H23NO8/c1-8(2)12-5-10(7-25)18(27)16-13(12)4-9-3-11-6-14(26)17(22(24)31)21(30)23(11,32)20(29)15(9)19(16)28/h5,7-9,11,15,17,27,32H,3-4,6H2,1-2H3,(H2,24,31)/t9-,11+,15?,17?,23+/m1/s1. The molecule has 0 aromatic heterocycles. The van der Waals surface area contributed by atoms with E-state index in [9.17, 15) is 39.0 Å². The van der Waals surface area contributed by atoms with E-state index in [0.29, 0.717) is 17.4 Å².